The lowest BCUT2D eigenvalue weighted by Crippen LogP contribution is -2.43. The van der Waals surface area contributed by atoms with E-state index >= 15 is 0 Å². The molecule has 1 aromatic heterocycles. The van der Waals surface area contributed by atoms with Crippen LogP contribution < -0.4 is 11.1 Å². The molecule has 0 spiro atoms. The lowest BCUT2D eigenvalue weighted by molar-refractivity contribution is -0.118. The molecule has 1 atom stereocenters. The monoisotopic (exact) mass is 402 g/mol. The topological polar surface area (TPSA) is 74.2 Å². The van der Waals surface area contributed by atoms with Gasteiger partial charge >= 0.3 is 0 Å². The van der Waals surface area contributed by atoms with Crippen LogP contribution in [-0.2, 0) is 11.2 Å². The van der Waals surface area contributed by atoms with Crippen LogP contribution in [0.1, 0.15) is 17.3 Å². The van der Waals surface area contributed by atoms with Gasteiger partial charge in [0, 0.05) is 45.4 Å². The van der Waals surface area contributed by atoms with E-state index in [2.05, 4.69) is 15.2 Å². The number of H-pyrrole nitrogens is 1. The first-order chi connectivity index (χ1) is 13.0. The number of amides is 1. The Balaban J connectivity index is 1.54. The third-order valence-corrected chi connectivity index (χ3v) is 5.47. The number of aromatic amines is 1. The number of nitrogens with two attached hydrogens (primary N) is 1. The minimum absolute atomic E-state index is 0.0370. The van der Waals surface area contributed by atoms with Crippen LogP contribution in [-0.4, -0.2) is 35.4 Å². The fourth-order valence-corrected chi connectivity index (χ4v) is 4.16. The van der Waals surface area contributed by atoms with Crippen molar-refractivity contribution in [1.82, 2.24) is 9.88 Å². The number of fused-ring (bicyclic) bond motifs is 3. The van der Waals surface area contributed by atoms with Crippen molar-refractivity contribution in [2.75, 3.05) is 25.0 Å². The van der Waals surface area contributed by atoms with Crippen LogP contribution in [0.25, 0.3) is 10.9 Å². The van der Waals surface area contributed by atoms with Gasteiger partial charge in [-0.3, -0.25) is 9.69 Å². The van der Waals surface area contributed by atoms with E-state index in [9.17, 15) is 4.79 Å². The molecule has 1 unspecified atom stereocenters. The van der Waals surface area contributed by atoms with E-state index in [0.717, 1.165) is 34.6 Å². The van der Waals surface area contributed by atoms with Gasteiger partial charge < -0.3 is 16.0 Å². The largest absolute Gasteiger partial charge is 0.357 e. The molecule has 3 aromatic rings. The zero-order chi connectivity index (χ0) is 19.0. The van der Waals surface area contributed by atoms with Crippen molar-refractivity contribution in [3.63, 3.8) is 0 Å². The van der Waals surface area contributed by atoms with E-state index in [1.165, 1.54) is 5.56 Å². The lowest BCUT2D eigenvalue weighted by atomic mass is 9.97. The number of nitrogens with one attached hydrogen (secondary N) is 2. The average molecular weight is 403 g/mol. The minimum atomic E-state index is -0.0849. The molecule has 1 aliphatic rings. The summed E-state index contributed by atoms with van der Waals surface area (Å²) in [5.74, 6) is -0.0849. The molecule has 1 aliphatic heterocycles. The maximum Gasteiger partial charge on any atom is 0.238 e. The van der Waals surface area contributed by atoms with E-state index in [0.29, 0.717) is 17.3 Å². The van der Waals surface area contributed by atoms with Crippen molar-refractivity contribution in [2.45, 2.75) is 12.5 Å². The quantitative estimate of drug-likeness (QED) is 0.617. The van der Waals surface area contributed by atoms with Crippen LogP contribution in [0.2, 0.25) is 10.0 Å². The molecule has 7 heteroatoms. The SMILES string of the molecule is NCC1c2[nH]c3ccc(Cl)cc3c2CCN1CC(=O)Nc1cccc(Cl)c1. The van der Waals surface area contributed by atoms with E-state index in [1.807, 2.05) is 30.3 Å². The van der Waals surface area contributed by atoms with Gasteiger partial charge in [-0.1, -0.05) is 29.3 Å². The molecule has 5 nitrogen and oxygen atoms in total. The van der Waals surface area contributed by atoms with Crippen LogP contribution in [0.15, 0.2) is 42.5 Å². The van der Waals surface area contributed by atoms with Gasteiger partial charge in [-0.25, -0.2) is 0 Å². The molecule has 1 amide bonds. The Morgan fingerprint density at radius 1 is 1.22 bits per heavy atom. The van der Waals surface area contributed by atoms with E-state index in [4.69, 9.17) is 28.9 Å². The maximum atomic E-state index is 12.5. The Hall–Kier alpha value is -2.05. The second kappa shape index (κ2) is 7.52. The third kappa shape index (κ3) is 3.69. The first-order valence-electron chi connectivity index (χ1n) is 8.84. The van der Waals surface area contributed by atoms with Crippen molar-refractivity contribution >= 4 is 45.7 Å². The highest BCUT2D eigenvalue weighted by Gasteiger charge is 2.30. The molecule has 0 saturated carbocycles. The smallest absolute Gasteiger partial charge is 0.238 e. The fraction of sp³-hybridized carbons (Fsp3) is 0.250. The Labute approximate surface area is 167 Å². The highest BCUT2D eigenvalue weighted by Crippen LogP contribution is 2.35. The van der Waals surface area contributed by atoms with E-state index < -0.39 is 0 Å². The first kappa shape index (κ1) is 18.3. The number of halogens is 2. The van der Waals surface area contributed by atoms with Crippen molar-refractivity contribution < 1.29 is 4.79 Å². The van der Waals surface area contributed by atoms with Gasteiger partial charge in [-0.15, -0.1) is 0 Å². The summed E-state index contributed by atoms with van der Waals surface area (Å²) in [6.07, 6.45) is 0.844. The summed E-state index contributed by atoms with van der Waals surface area (Å²) in [7, 11) is 0. The predicted molar refractivity (Wildman–Crippen MR) is 110 cm³/mol. The molecule has 2 heterocycles. The van der Waals surface area contributed by atoms with Gasteiger partial charge in [0.1, 0.15) is 0 Å². The standard InChI is InChI=1S/C20H20Cl2N4O/c21-12-2-1-3-14(8-12)24-19(27)11-26-7-6-15-16-9-13(22)4-5-17(16)25-20(15)18(26)10-23/h1-5,8-9,18,25H,6-7,10-11,23H2,(H,24,27). The lowest BCUT2D eigenvalue weighted by Gasteiger charge is -2.34. The molecule has 0 saturated heterocycles. The van der Waals surface area contributed by atoms with Crippen LogP contribution >= 0.6 is 23.2 Å². The number of rotatable bonds is 4. The highest BCUT2D eigenvalue weighted by atomic mass is 35.5. The van der Waals surface area contributed by atoms with Crippen LogP contribution in [0.4, 0.5) is 5.69 Å². The van der Waals surface area contributed by atoms with Crippen molar-refractivity contribution in [1.29, 1.82) is 0 Å². The predicted octanol–water partition coefficient (Wildman–Crippen LogP) is 3.97. The summed E-state index contributed by atoms with van der Waals surface area (Å²) in [6.45, 7) is 1.46. The molecular weight excluding hydrogens is 383 g/mol. The van der Waals surface area contributed by atoms with Crippen molar-refractivity contribution in [2.24, 2.45) is 5.73 Å². The summed E-state index contributed by atoms with van der Waals surface area (Å²) in [4.78, 5) is 18.1. The molecule has 140 valence electrons. The molecule has 0 fully saturated rings. The Bertz CT molecular complexity index is 1000. The molecule has 0 aliphatic carbocycles. The number of aromatic nitrogens is 1. The number of hydrogen-bond donors (Lipinski definition) is 3. The number of carbonyl (C=O) groups excluding carboxylic acids is 1. The van der Waals surface area contributed by atoms with E-state index in [1.54, 1.807) is 12.1 Å². The summed E-state index contributed by atoms with van der Waals surface area (Å²) in [5.41, 5.74) is 10.1. The zero-order valence-electron chi connectivity index (χ0n) is 14.6. The summed E-state index contributed by atoms with van der Waals surface area (Å²) in [6, 6.07) is 12.9. The molecule has 4 N–H and O–H groups in total. The number of benzene rings is 2. The number of carbonyl (C=O) groups is 1. The fourth-order valence-electron chi connectivity index (χ4n) is 3.80. The molecule has 4 rings (SSSR count). The molecular formula is C20H20Cl2N4O. The van der Waals surface area contributed by atoms with Crippen LogP contribution in [0.5, 0.6) is 0 Å². The van der Waals surface area contributed by atoms with Gasteiger partial charge in [-0.2, -0.15) is 0 Å². The maximum absolute atomic E-state index is 12.5. The number of anilines is 1. The van der Waals surface area contributed by atoms with Gasteiger partial charge in [0.05, 0.1) is 12.6 Å². The summed E-state index contributed by atoms with van der Waals surface area (Å²) in [5, 5.41) is 5.35. The van der Waals surface area contributed by atoms with Crippen LogP contribution in [0.3, 0.4) is 0 Å². The second-order valence-electron chi connectivity index (χ2n) is 6.74. The second-order valence-corrected chi connectivity index (χ2v) is 7.61. The van der Waals surface area contributed by atoms with Gasteiger partial charge in [0.2, 0.25) is 5.91 Å². The minimum Gasteiger partial charge on any atom is -0.357 e. The van der Waals surface area contributed by atoms with Crippen molar-refractivity contribution in [3.8, 4) is 0 Å². The highest BCUT2D eigenvalue weighted by molar-refractivity contribution is 6.31. The number of nitrogens with zero attached hydrogens (tertiary/aromatic N) is 1. The molecule has 27 heavy (non-hydrogen) atoms. The summed E-state index contributed by atoms with van der Waals surface area (Å²) >= 11 is 12.1. The molecule has 0 radical (unpaired) electrons. The van der Waals surface area contributed by atoms with E-state index in [-0.39, 0.29) is 18.5 Å². The van der Waals surface area contributed by atoms with Gasteiger partial charge in [0.15, 0.2) is 0 Å². The normalized spacial score (nSPS) is 17.1. The van der Waals surface area contributed by atoms with Crippen molar-refractivity contribution in [3.05, 3.63) is 63.8 Å². The van der Waals surface area contributed by atoms with Gasteiger partial charge in [-0.05, 0) is 48.4 Å². The third-order valence-electron chi connectivity index (χ3n) is 5.00. The number of hydrogen-bond acceptors (Lipinski definition) is 3. The Morgan fingerprint density at radius 3 is 2.81 bits per heavy atom. The molecule has 0 bridgehead atoms. The first-order valence-corrected chi connectivity index (χ1v) is 9.60. The average Bonchev–Trinajstić information content (AvgIpc) is 2.99. The molecule has 2 aromatic carbocycles. The Kier molecular flexibility index (Phi) is 5.10. The summed E-state index contributed by atoms with van der Waals surface area (Å²) < 4.78 is 0. The van der Waals surface area contributed by atoms with Gasteiger partial charge in [0.25, 0.3) is 0 Å². The zero-order valence-corrected chi connectivity index (χ0v) is 16.1. The van der Waals surface area contributed by atoms with Crippen LogP contribution in [0, 0.1) is 0 Å². The Morgan fingerprint density at radius 2 is 2.04 bits per heavy atom.